The molecule has 2 aliphatic heterocycles. The fraction of sp³-hybridized carbons (Fsp3) is 1.00. The van der Waals surface area contributed by atoms with Gasteiger partial charge in [-0.15, -0.1) is 0 Å². The zero-order valence-electron chi connectivity index (χ0n) is 6.80. The van der Waals surface area contributed by atoms with Crippen LogP contribution in [0.25, 0.3) is 0 Å². The van der Waals surface area contributed by atoms with Crippen LogP contribution in [0.1, 0.15) is 19.8 Å². The van der Waals surface area contributed by atoms with Crippen LogP contribution in [0.5, 0.6) is 0 Å². The number of hydrogen-bond acceptors (Lipinski definition) is 1. The summed E-state index contributed by atoms with van der Waals surface area (Å²) >= 11 is 0. The molecule has 0 aromatic heterocycles. The lowest BCUT2D eigenvalue weighted by Gasteiger charge is -2.08. The van der Waals surface area contributed by atoms with Gasteiger partial charge in [0.2, 0.25) is 0 Å². The van der Waals surface area contributed by atoms with E-state index in [1.165, 1.54) is 19.4 Å². The van der Waals surface area contributed by atoms with Crippen molar-refractivity contribution in [2.75, 3.05) is 13.6 Å². The maximum Gasteiger partial charge on any atom is 0.0193 e. The molecule has 56 valence electrons. The number of fused-ring (bicyclic) bond motifs is 1. The van der Waals surface area contributed by atoms with Crippen molar-refractivity contribution in [3.63, 3.8) is 0 Å². The molecule has 1 heteroatoms. The largest absolute Gasteiger partial charge is 0.302 e. The topological polar surface area (TPSA) is 3.24 Å². The van der Waals surface area contributed by atoms with Gasteiger partial charge >= 0.3 is 0 Å². The Morgan fingerprint density at radius 1 is 1.60 bits per heavy atom. The molecule has 2 bridgehead atoms. The number of nitrogens with zero attached hydrogens (tertiary/aromatic N) is 1. The van der Waals surface area contributed by atoms with Crippen LogP contribution < -0.4 is 0 Å². The van der Waals surface area contributed by atoms with Crippen molar-refractivity contribution >= 4 is 0 Å². The van der Waals surface area contributed by atoms with Gasteiger partial charge in [0.05, 0.1) is 0 Å². The second kappa shape index (κ2) is 1.29. The molecule has 4 fully saturated rings. The van der Waals surface area contributed by atoms with E-state index in [1.54, 1.807) is 0 Å². The first-order valence-corrected chi connectivity index (χ1v) is 4.52. The lowest BCUT2D eigenvalue weighted by Crippen LogP contribution is -2.16. The van der Waals surface area contributed by atoms with E-state index in [4.69, 9.17) is 0 Å². The lowest BCUT2D eigenvalue weighted by atomic mass is 10.0. The molecule has 0 amide bonds. The highest BCUT2D eigenvalue weighted by molar-refractivity contribution is 5.40. The molecule has 2 saturated heterocycles. The normalized spacial score (nSPS) is 62.4. The summed E-state index contributed by atoms with van der Waals surface area (Å²) in [4.78, 5) is 2.57. The standard InChI is InChI=1S/C9H15N/c1-3-4-9-6-5-10(2)8(9)7(6)9/h6-8H,3-5H2,1-2H3. The van der Waals surface area contributed by atoms with Crippen molar-refractivity contribution in [1.82, 2.24) is 4.90 Å². The maximum atomic E-state index is 2.57. The van der Waals surface area contributed by atoms with E-state index in [1.807, 2.05) is 0 Å². The molecule has 4 atom stereocenters. The predicted molar refractivity (Wildman–Crippen MR) is 40.7 cm³/mol. The van der Waals surface area contributed by atoms with Crippen molar-refractivity contribution in [3.05, 3.63) is 0 Å². The molecule has 10 heavy (non-hydrogen) atoms. The zero-order valence-corrected chi connectivity index (χ0v) is 6.80. The van der Waals surface area contributed by atoms with Crippen molar-refractivity contribution in [2.24, 2.45) is 17.3 Å². The van der Waals surface area contributed by atoms with E-state index in [2.05, 4.69) is 18.9 Å². The SMILES string of the molecule is CCCC12C3CN(C)C1C32. The monoisotopic (exact) mass is 137 g/mol. The fourth-order valence-corrected chi connectivity index (χ4v) is 3.69. The average molecular weight is 137 g/mol. The van der Waals surface area contributed by atoms with Gasteiger partial charge in [-0.1, -0.05) is 13.3 Å². The Kier molecular flexibility index (Phi) is 0.722. The van der Waals surface area contributed by atoms with Gasteiger partial charge < -0.3 is 4.90 Å². The van der Waals surface area contributed by atoms with Crippen molar-refractivity contribution < 1.29 is 0 Å². The van der Waals surface area contributed by atoms with Crippen LogP contribution in [0, 0.1) is 17.3 Å². The van der Waals surface area contributed by atoms with E-state index >= 15 is 0 Å². The fourth-order valence-electron chi connectivity index (χ4n) is 3.69. The second-order valence-corrected chi connectivity index (χ2v) is 4.38. The smallest absolute Gasteiger partial charge is 0.0193 e. The highest BCUT2D eigenvalue weighted by atomic mass is 15.3. The summed E-state index contributed by atoms with van der Waals surface area (Å²) in [5.74, 6) is 2.31. The van der Waals surface area contributed by atoms with E-state index in [0.29, 0.717) is 0 Å². The van der Waals surface area contributed by atoms with E-state index in [0.717, 1.165) is 23.3 Å². The maximum absolute atomic E-state index is 2.57. The Balaban J connectivity index is 1.80. The quantitative estimate of drug-likeness (QED) is 0.555. The third kappa shape index (κ3) is 0.334. The predicted octanol–water partition coefficient (Wildman–Crippen LogP) is 1.35. The summed E-state index contributed by atoms with van der Waals surface area (Å²) in [6.45, 7) is 3.73. The molecule has 0 aromatic rings. The Labute approximate surface area is 62.4 Å². The summed E-state index contributed by atoms with van der Waals surface area (Å²) in [5.41, 5.74) is 0.892. The first-order valence-electron chi connectivity index (χ1n) is 4.52. The average Bonchev–Trinajstić information content (AvgIpc) is 2.59. The molecule has 4 unspecified atom stereocenters. The third-order valence-electron chi connectivity index (χ3n) is 4.06. The highest BCUT2D eigenvalue weighted by Crippen LogP contribution is 2.87. The van der Waals surface area contributed by atoms with Gasteiger partial charge in [0.15, 0.2) is 0 Å². The van der Waals surface area contributed by atoms with E-state index in [-0.39, 0.29) is 0 Å². The molecule has 4 aliphatic rings. The molecule has 1 nitrogen and oxygen atoms in total. The van der Waals surface area contributed by atoms with Gasteiger partial charge in [-0.3, -0.25) is 0 Å². The van der Waals surface area contributed by atoms with Crippen LogP contribution in [0.2, 0.25) is 0 Å². The van der Waals surface area contributed by atoms with Crippen LogP contribution in [-0.4, -0.2) is 24.5 Å². The number of piperidine rings is 1. The summed E-state index contributed by atoms with van der Waals surface area (Å²) in [6, 6.07) is 1.04. The van der Waals surface area contributed by atoms with Crippen LogP contribution in [-0.2, 0) is 0 Å². The van der Waals surface area contributed by atoms with E-state index < -0.39 is 0 Å². The molecule has 0 aromatic carbocycles. The first kappa shape index (κ1) is 5.59. The minimum absolute atomic E-state index is 0.892. The molecule has 4 rings (SSSR count). The minimum atomic E-state index is 0.892. The van der Waals surface area contributed by atoms with Crippen LogP contribution in [0.15, 0.2) is 0 Å². The number of rotatable bonds is 2. The van der Waals surface area contributed by atoms with Crippen LogP contribution >= 0.6 is 0 Å². The van der Waals surface area contributed by atoms with E-state index in [9.17, 15) is 0 Å². The summed E-state index contributed by atoms with van der Waals surface area (Å²) in [5, 5.41) is 0. The Hall–Kier alpha value is -0.0400. The molecule has 2 aliphatic carbocycles. The van der Waals surface area contributed by atoms with Gasteiger partial charge in [0.1, 0.15) is 0 Å². The first-order chi connectivity index (χ1) is 4.82. The molecular weight excluding hydrogens is 122 g/mol. The molecule has 0 N–H and O–H groups in total. The summed E-state index contributed by atoms with van der Waals surface area (Å²) in [7, 11) is 2.29. The summed E-state index contributed by atoms with van der Waals surface area (Å²) < 4.78 is 0. The second-order valence-electron chi connectivity index (χ2n) is 4.38. The van der Waals surface area contributed by atoms with Crippen molar-refractivity contribution in [3.8, 4) is 0 Å². The van der Waals surface area contributed by atoms with Gasteiger partial charge in [0.25, 0.3) is 0 Å². The van der Waals surface area contributed by atoms with Gasteiger partial charge in [-0.2, -0.15) is 0 Å². The van der Waals surface area contributed by atoms with Crippen LogP contribution in [0.4, 0.5) is 0 Å². The third-order valence-corrected chi connectivity index (χ3v) is 4.06. The zero-order chi connectivity index (χ0) is 6.93. The Morgan fingerprint density at radius 2 is 2.40 bits per heavy atom. The highest BCUT2D eigenvalue weighted by Gasteiger charge is 2.90. The van der Waals surface area contributed by atoms with Crippen LogP contribution in [0.3, 0.4) is 0 Å². The number of hydrogen-bond donors (Lipinski definition) is 0. The molecule has 0 spiro atoms. The van der Waals surface area contributed by atoms with Gasteiger partial charge in [-0.25, -0.2) is 0 Å². The van der Waals surface area contributed by atoms with Gasteiger partial charge in [0, 0.05) is 12.6 Å². The Morgan fingerprint density at radius 3 is 2.80 bits per heavy atom. The summed E-state index contributed by atoms with van der Waals surface area (Å²) in [6.07, 6.45) is 2.91. The molecule has 2 heterocycles. The molecule has 2 saturated carbocycles. The molecule has 0 radical (unpaired) electrons. The molecular formula is C9H15N. The Bertz CT molecular complexity index is 183. The minimum Gasteiger partial charge on any atom is -0.302 e. The van der Waals surface area contributed by atoms with Crippen molar-refractivity contribution in [2.45, 2.75) is 25.8 Å². The van der Waals surface area contributed by atoms with Gasteiger partial charge in [-0.05, 0) is 30.7 Å². The lowest BCUT2D eigenvalue weighted by molar-refractivity contribution is 0.367. The van der Waals surface area contributed by atoms with Crippen molar-refractivity contribution in [1.29, 1.82) is 0 Å².